The fraction of sp³-hybridized carbons (Fsp3) is 0.318. The van der Waals surface area contributed by atoms with Crippen molar-refractivity contribution in [2.24, 2.45) is 0 Å². The van der Waals surface area contributed by atoms with Crippen molar-refractivity contribution in [1.29, 1.82) is 0 Å². The topological polar surface area (TPSA) is 149 Å². The Morgan fingerprint density at radius 1 is 0.519 bits per heavy atom. The summed E-state index contributed by atoms with van der Waals surface area (Å²) in [5.74, 6) is 17.2. The average molecular weight is 1130 g/mol. The lowest BCUT2D eigenvalue weighted by molar-refractivity contribution is -0.141. The molecule has 3 aliphatic rings. The van der Waals surface area contributed by atoms with E-state index in [4.69, 9.17) is 59.2 Å². The number of carbonyl (C=O) groups excluding carboxylic acids is 2. The Balaban J connectivity index is 0.000000202. The summed E-state index contributed by atoms with van der Waals surface area (Å²) in [6.07, 6.45) is 5.91. The normalized spacial score (nSPS) is 15.8. The lowest BCUT2D eigenvalue weighted by atomic mass is 9.96. The van der Waals surface area contributed by atoms with Gasteiger partial charge < -0.3 is 34.3 Å². The number of halogens is 3. The molecule has 79 heavy (non-hydrogen) atoms. The largest absolute Gasteiger partial charge is 0.508 e. The minimum absolute atomic E-state index is 0. The van der Waals surface area contributed by atoms with Crippen molar-refractivity contribution in [2.45, 2.75) is 122 Å². The van der Waals surface area contributed by atoms with E-state index in [1.165, 1.54) is 42.0 Å². The number of phenolic OH excluding ortho intramolecular Hbond substituents is 1. The van der Waals surface area contributed by atoms with Crippen LogP contribution >= 0.6 is 34.8 Å². The first-order valence-corrected chi connectivity index (χ1v) is 26.7. The highest BCUT2D eigenvalue weighted by atomic mass is 35.5. The van der Waals surface area contributed by atoms with Crippen LogP contribution in [0.25, 0.3) is 0 Å². The second-order valence-corrected chi connectivity index (χ2v) is 19.9. The third kappa shape index (κ3) is 18.6. The Hall–Kier alpha value is -7.36. The highest BCUT2D eigenvalue weighted by Gasteiger charge is 2.26. The van der Waals surface area contributed by atoms with E-state index in [2.05, 4.69) is 40.3 Å². The molecule has 3 unspecified atom stereocenters. The molecule has 3 aliphatic carbocycles. The molecule has 13 heteroatoms. The summed E-state index contributed by atoms with van der Waals surface area (Å²) in [6.45, 7) is 5.21. The predicted octanol–water partition coefficient (Wildman–Crippen LogP) is 15.1. The van der Waals surface area contributed by atoms with E-state index in [-0.39, 0.29) is 80.4 Å². The first-order chi connectivity index (χ1) is 37.6. The molecular weight excluding hydrogens is 1060 g/mol. The lowest BCUT2D eigenvalue weighted by Crippen LogP contribution is -2.08. The van der Waals surface area contributed by atoms with Crippen LogP contribution in [0.3, 0.4) is 0 Å². The van der Waals surface area contributed by atoms with Crippen molar-refractivity contribution in [1.82, 2.24) is 0 Å². The number of carboxylic acid groups (broad SMARTS) is 1. The van der Waals surface area contributed by atoms with Crippen molar-refractivity contribution in [3.05, 3.63) is 193 Å². The van der Waals surface area contributed by atoms with Crippen LogP contribution in [0.1, 0.15) is 153 Å². The van der Waals surface area contributed by atoms with Gasteiger partial charge in [-0.1, -0.05) is 115 Å². The number of aromatic hydroxyl groups is 1. The average Bonchev–Trinajstić information content (AvgIpc) is 4.16. The quantitative estimate of drug-likeness (QED) is 0.0754. The summed E-state index contributed by atoms with van der Waals surface area (Å²) in [5, 5.41) is 29.9. The Morgan fingerprint density at radius 2 is 0.861 bits per heavy atom. The van der Waals surface area contributed by atoms with E-state index < -0.39 is 5.97 Å². The zero-order chi connectivity index (χ0) is 56.1. The Kier molecular flexibility index (Phi) is 24.7. The molecular formula is C66H67Cl3O10. The number of ether oxygens (including phenoxy) is 4. The lowest BCUT2D eigenvalue weighted by Gasteiger charge is -2.16. The molecule has 0 saturated heterocycles. The second kappa shape index (κ2) is 31.3. The van der Waals surface area contributed by atoms with Crippen molar-refractivity contribution in [2.75, 3.05) is 14.2 Å². The Labute approximate surface area is 480 Å². The number of rotatable bonds is 13. The molecule has 0 fully saturated rings. The minimum atomic E-state index is -0.853. The van der Waals surface area contributed by atoms with Gasteiger partial charge in [-0.25, -0.2) is 0 Å². The van der Waals surface area contributed by atoms with Gasteiger partial charge in [0.25, 0.3) is 0 Å². The molecule has 6 aromatic carbocycles. The zero-order valence-corrected chi connectivity index (χ0v) is 46.6. The summed E-state index contributed by atoms with van der Waals surface area (Å²) in [7, 11) is 2.75. The number of carbonyl (C=O) groups is 3. The SMILES string of the molecule is C.CC#C[C@@H](CC(=O)O)c1ccc(OC2CCc3cc(Cl)ccc32)cc1.CC#C[C@@H](CC(=O)OC)c1ccc(O)cc1.CC#C[C@@H](CC(=O)OC)c1ccc(OC2CCc3cc(Cl)ccc32)cc1.OC1CCc2cc(Cl)ccc21. The number of aliphatic hydroxyl groups is 1. The van der Waals surface area contributed by atoms with E-state index in [1.807, 2.05) is 103 Å². The van der Waals surface area contributed by atoms with Gasteiger partial charge in [0.1, 0.15) is 29.5 Å². The maximum absolute atomic E-state index is 11.6. The van der Waals surface area contributed by atoms with Gasteiger partial charge in [0, 0.05) is 15.1 Å². The van der Waals surface area contributed by atoms with Crippen LogP contribution in [0.5, 0.6) is 17.2 Å². The molecule has 0 saturated carbocycles. The number of carboxylic acids is 1. The van der Waals surface area contributed by atoms with Crippen molar-refractivity contribution >= 4 is 52.7 Å². The number of aryl methyl sites for hydroxylation is 3. The van der Waals surface area contributed by atoms with Gasteiger partial charge in [-0.2, -0.15) is 0 Å². The monoisotopic (exact) mass is 1120 g/mol. The van der Waals surface area contributed by atoms with Gasteiger partial charge in [0.2, 0.25) is 0 Å². The minimum Gasteiger partial charge on any atom is -0.508 e. The van der Waals surface area contributed by atoms with Crippen molar-refractivity contribution in [3.8, 4) is 52.8 Å². The van der Waals surface area contributed by atoms with Crippen LogP contribution in [0, 0.1) is 35.5 Å². The number of hydrogen-bond donors (Lipinski definition) is 3. The summed E-state index contributed by atoms with van der Waals surface area (Å²) in [6, 6.07) is 39.6. The molecule has 0 heterocycles. The predicted molar refractivity (Wildman–Crippen MR) is 313 cm³/mol. The summed E-state index contributed by atoms with van der Waals surface area (Å²) in [4.78, 5) is 33.8. The third-order valence-corrected chi connectivity index (χ3v) is 14.1. The van der Waals surface area contributed by atoms with Gasteiger partial charge >= 0.3 is 17.9 Å². The Morgan fingerprint density at radius 3 is 1.23 bits per heavy atom. The molecule has 6 aromatic rings. The number of aliphatic hydroxyl groups excluding tert-OH is 1. The highest BCUT2D eigenvalue weighted by molar-refractivity contribution is 6.31. The summed E-state index contributed by atoms with van der Waals surface area (Å²) >= 11 is 17.9. The third-order valence-electron chi connectivity index (χ3n) is 13.4. The molecule has 0 bridgehead atoms. The number of esters is 2. The summed E-state index contributed by atoms with van der Waals surface area (Å²) < 4.78 is 21.7. The fourth-order valence-corrected chi connectivity index (χ4v) is 10.0. The molecule has 0 radical (unpaired) electrons. The van der Waals surface area contributed by atoms with Gasteiger partial charge in [-0.15, -0.1) is 17.8 Å². The molecule has 9 rings (SSSR count). The summed E-state index contributed by atoms with van der Waals surface area (Å²) in [5.41, 5.74) is 9.92. The van der Waals surface area contributed by atoms with Gasteiger partial charge in [0.15, 0.2) is 0 Å². The molecule has 3 N–H and O–H groups in total. The molecule has 10 nitrogen and oxygen atoms in total. The molecule has 0 amide bonds. The molecule has 6 atom stereocenters. The van der Waals surface area contributed by atoms with Crippen molar-refractivity contribution in [3.63, 3.8) is 0 Å². The fourth-order valence-electron chi connectivity index (χ4n) is 9.45. The van der Waals surface area contributed by atoms with Crippen LogP contribution < -0.4 is 9.47 Å². The van der Waals surface area contributed by atoms with Crippen LogP contribution in [-0.2, 0) is 43.1 Å². The number of methoxy groups -OCH3 is 2. The first-order valence-electron chi connectivity index (χ1n) is 25.6. The smallest absolute Gasteiger partial charge is 0.307 e. The molecule has 0 spiro atoms. The van der Waals surface area contributed by atoms with Crippen LogP contribution in [0.15, 0.2) is 127 Å². The number of phenols is 1. The molecule has 0 aliphatic heterocycles. The number of fused-ring (bicyclic) bond motifs is 3. The maximum atomic E-state index is 11.6. The van der Waals surface area contributed by atoms with Gasteiger partial charge in [-0.3, -0.25) is 14.4 Å². The van der Waals surface area contributed by atoms with E-state index in [0.29, 0.717) is 0 Å². The van der Waals surface area contributed by atoms with Crippen molar-refractivity contribution < 1.29 is 48.7 Å². The Bertz CT molecular complexity index is 3190. The highest BCUT2D eigenvalue weighted by Crippen LogP contribution is 2.39. The van der Waals surface area contributed by atoms with Crippen LogP contribution in [0.2, 0.25) is 15.1 Å². The van der Waals surface area contributed by atoms with Crippen LogP contribution in [0.4, 0.5) is 0 Å². The van der Waals surface area contributed by atoms with Gasteiger partial charge in [-0.05, 0) is 182 Å². The van der Waals surface area contributed by atoms with E-state index in [1.54, 1.807) is 45.0 Å². The maximum Gasteiger partial charge on any atom is 0.307 e. The van der Waals surface area contributed by atoms with E-state index in [0.717, 1.165) is 87.3 Å². The van der Waals surface area contributed by atoms with E-state index >= 15 is 0 Å². The number of hydrogen-bond acceptors (Lipinski definition) is 9. The van der Waals surface area contributed by atoms with E-state index in [9.17, 15) is 19.5 Å². The second-order valence-electron chi connectivity index (χ2n) is 18.6. The van der Waals surface area contributed by atoms with Crippen LogP contribution in [-0.4, -0.2) is 47.4 Å². The molecule has 412 valence electrons. The molecule has 0 aromatic heterocycles. The first kappa shape index (κ1) is 62.5. The number of aliphatic carboxylic acids is 1. The zero-order valence-electron chi connectivity index (χ0n) is 44.3. The standard InChI is InChI=1S/C22H21ClO3.C21H19ClO3.C13H14O3.C9H9ClO.CH4/c1-3-4-16(14-22(24)25-2)15-5-9-19(10-6-15)26-21-12-7-17-13-18(23)8-11-20(17)21;1-2-3-15(13-21(23)24)14-4-8-18(9-5-14)25-20-11-6-16-12-17(22)7-10-19(16)20;1-3-4-11(9-13(15)16-2)10-5-7-12(14)8-6-10;10-7-2-3-8-6(5-7)1-4-9(8)11;/h5-6,8-11,13,16,21H,7,12,14H2,1-2H3;4-5,7-10,12,15,20H,6,11,13H2,1H3,(H,23,24);5-8,11,14H,9H2,1-2H3;2-3,5,9,11H,1,4H2;1H4/t16-,21?;15-,20?;11-;;/m000../s1. The van der Waals surface area contributed by atoms with Gasteiger partial charge in [0.05, 0.1) is 57.3 Å². The number of benzene rings is 6.